The standard InChI is InChI=1S/C12H15NO/c1-10(2)8-9-14-12-6-4-11(13-3)5-7-12/h4-7,10H,8-9H2,1-2H3. The predicted octanol–water partition coefficient (Wildman–Crippen LogP) is 3.66. The third-order valence-corrected chi connectivity index (χ3v) is 1.93. The van der Waals surface area contributed by atoms with E-state index in [0.29, 0.717) is 11.6 Å². The highest BCUT2D eigenvalue weighted by atomic mass is 16.5. The molecule has 0 heterocycles. The van der Waals surface area contributed by atoms with Crippen LogP contribution in [-0.4, -0.2) is 6.61 Å². The van der Waals surface area contributed by atoms with E-state index < -0.39 is 0 Å². The van der Waals surface area contributed by atoms with Gasteiger partial charge >= 0.3 is 0 Å². The van der Waals surface area contributed by atoms with Crippen molar-refractivity contribution in [1.29, 1.82) is 0 Å². The Morgan fingerprint density at radius 1 is 1.29 bits per heavy atom. The Hall–Kier alpha value is -1.49. The predicted molar refractivity (Wildman–Crippen MR) is 57.7 cm³/mol. The summed E-state index contributed by atoms with van der Waals surface area (Å²) < 4.78 is 5.51. The quantitative estimate of drug-likeness (QED) is 0.659. The molecular formula is C12H15NO. The maximum Gasteiger partial charge on any atom is 0.187 e. The van der Waals surface area contributed by atoms with Gasteiger partial charge in [0.1, 0.15) is 5.75 Å². The van der Waals surface area contributed by atoms with E-state index in [4.69, 9.17) is 11.3 Å². The Bertz CT molecular complexity index is 308. The lowest BCUT2D eigenvalue weighted by atomic mass is 10.1. The molecule has 0 radical (unpaired) electrons. The van der Waals surface area contributed by atoms with Crippen molar-refractivity contribution in [3.05, 3.63) is 35.7 Å². The van der Waals surface area contributed by atoms with E-state index in [9.17, 15) is 0 Å². The van der Waals surface area contributed by atoms with Crippen molar-refractivity contribution in [3.8, 4) is 5.75 Å². The van der Waals surface area contributed by atoms with Gasteiger partial charge in [-0.15, -0.1) is 0 Å². The Morgan fingerprint density at radius 3 is 2.43 bits per heavy atom. The third kappa shape index (κ3) is 3.49. The van der Waals surface area contributed by atoms with E-state index in [0.717, 1.165) is 18.8 Å². The molecule has 0 aliphatic rings. The van der Waals surface area contributed by atoms with Crippen molar-refractivity contribution >= 4 is 5.69 Å². The van der Waals surface area contributed by atoms with Gasteiger partial charge in [-0.1, -0.05) is 26.0 Å². The summed E-state index contributed by atoms with van der Waals surface area (Å²) >= 11 is 0. The van der Waals surface area contributed by atoms with Gasteiger partial charge in [-0.25, -0.2) is 4.85 Å². The number of nitrogens with zero attached hydrogens (tertiary/aromatic N) is 1. The maximum atomic E-state index is 6.79. The van der Waals surface area contributed by atoms with Crippen LogP contribution in [0.4, 0.5) is 5.69 Å². The smallest absolute Gasteiger partial charge is 0.187 e. The average Bonchev–Trinajstić information content (AvgIpc) is 2.18. The summed E-state index contributed by atoms with van der Waals surface area (Å²) in [5.41, 5.74) is 0.654. The molecule has 0 atom stereocenters. The number of ether oxygens (including phenoxy) is 1. The van der Waals surface area contributed by atoms with Gasteiger partial charge in [-0.2, -0.15) is 0 Å². The van der Waals surface area contributed by atoms with E-state index in [2.05, 4.69) is 18.7 Å². The van der Waals surface area contributed by atoms with Crippen LogP contribution in [-0.2, 0) is 0 Å². The van der Waals surface area contributed by atoms with Crippen LogP contribution >= 0.6 is 0 Å². The Morgan fingerprint density at radius 2 is 1.93 bits per heavy atom. The van der Waals surface area contributed by atoms with Crippen molar-refractivity contribution in [3.63, 3.8) is 0 Å². The van der Waals surface area contributed by atoms with Gasteiger partial charge < -0.3 is 4.74 Å². The van der Waals surface area contributed by atoms with Gasteiger partial charge in [-0.05, 0) is 24.5 Å². The molecule has 2 nitrogen and oxygen atoms in total. The molecule has 0 N–H and O–H groups in total. The first-order chi connectivity index (χ1) is 6.72. The van der Waals surface area contributed by atoms with Gasteiger partial charge in [0.2, 0.25) is 0 Å². The minimum absolute atomic E-state index is 0.654. The Kier molecular flexibility index (Phi) is 4.00. The molecule has 0 aromatic heterocycles. The van der Waals surface area contributed by atoms with Crippen LogP contribution in [0.15, 0.2) is 24.3 Å². The molecular weight excluding hydrogens is 174 g/mol. The van der Waals surface area contributed by atoms with E-state index in [1.54, 1.807) is 12.1 Å². The van der Waals surface area contributed by atoms with E-state index in [1.807, 2.05) is 12.1 Å². The fourth-order valence-electron chi connectivity index (χ4n) is 1.03. The van der Waals surface area contributed by atoms with Crippen molar-refractivity contribution in [2.75, 3.05) is 6.61 Å². The first kappa shape index (κ1) is 10.6. The van der Waals surface area contributed by atoms with Gasteiger partial charge in [0.05, 0.1) is 13.2 Å². The van der Waals surface area contributed by atoms with Crippen LogP contribution in [0.25, 0.3) is 4.85 Å². The SMILES string of the molecule is [C-]#[N+]c1ccc(OCCC(C)C)cc1. The molecule has 0 fully saturated rings. The molecule has 74 valence electrons. The zero-order valence-electron chi connectivity index (χ0n) is 8.66. The van der Waals surface area contributed by atoms with Crippen LogP contribution in [0.2, 0.25) is 0 Å². The molecule has 1 aromatic rings. The lowest BCUT2D eigenvalue weighted by Crippen LogP contribution is -2.00. The molecule has 0 saturated carbocycles. The molecule has 0 aliphatic heterocycles. The molecule has 1 rings (SSSR count). The fourth-order valence-corrected chi connectivity index (χ4v) is 1.03. The van der Waals surface area contributed by atoms with Crippen LogP contribution in [0, 0.1) is 12.5 Å². The molecule has 2 heteroatoms. The van der Waals surface area contributed by atoms with Gasteiger partial charge in [0, 0.05) is 0 Å². The zero-order chi connectivity index (χ0) is 10.4. The molecule has 1 aromatic carbocycles. The topological polar surface area (TPSA) is 13.6 Å². The van der Waals surface area contributed by atoms with Crippen molar-refractivity contribution in [2.24, 2.45) is 5.92 Å². The normalized spacial score (nSPS) is 9.86. The largest absolute Gasteiger partial charge is 0.494 e. The van der Waals surface area contributed by atoms with Crippen molar-refractivity contribution in [2.45, 2.75) is 20.3 Å². The second kappa shape index (κ2) is 5.29. The molecule has 0 spiro atoms. The number of hydrogen-bond donors (Lipinski definition) is 0. The van der Waals surface area contributed by atoms with Gasteiger partial charge in [-0.3, -0.25) is 0 Å². The second-order valence-corrected chi connectivity index (χ2v) is 3.64. The van der Waals surface area contributed by atoms with Crippen LogP contribution in [0.5, 0.6) is 5.75 Å². The molecule has 0 bridgehead atoms. The maximum absolute atomic E-state index is 6.79. The van der Waals surface area contributed by atoms with E-state index >= 15 is 0 Å². The summed E-state index contributed by atoms with van der Waals surface area (Å²) in [5, 5.41) is 0. The van der Waals surface area contributed by atoms with Gasteiger partial charge in [0.15, 0.2) is 5.69 Å². The molecule has 0 amide bonds. The zero-order valence-corrected chi connectivity index (χ0v) is 8.66. The van der Waals surface area contributed by atoms with Crippen LogP contribution < -0.4 is 4.74 Å². The molecule has 0 unspecified atom stereocenters. The molecule has 0 saturated heterocycles. The van der Waals surface area contributed by atoms with Gasteiger partial charge in [0.25, 0.3) is 0 Å². The highest BCUT2D eigenvalue weighted by Crippen LogP contribution is 2.18. The summed E-state index contributed by atoms with van der Waals surface area (Å²) in [4.78, 5) is 3.31. The molecule has 14 heavy (non-hydrogen) atoms. The summed E-state index contributed by atoms with van der Waals surface area (Å²) in [7, 11) is 0. The monoisotopic (exact) mass is 189 g/mol. The third-order valence-electron chi connectivity index (χ3n) is 1.93. The number of hydrogen-bond acceptors (Lipinski definition) is 1. The average molecular weight is 189 g/mol. The van der Waals surface area contributed by atoms with Crippen LogP contribution in [0.3, 0.4) is 0 Å². The number of rotatable bonds is 4. The summed E-state index contributed by atoms with van der Waals surface area (Å²) in [5.74, 6) is 1.51. The lowest BCUT2D eigenvalue weighted by Gasteiger charge is -2.07. The Labute approximate surface area is 85.3 Å². The fraction of sp³-hybridized carbons (Fsp3) is 0.417. The number of benzene rings is 1. The first-order valence-electron chi connectivity index (χ1n) is 4.82. The minimum Gasteiger partial charge on any atom is -0.494 e. The molecule has 0 aliphatic carbocycles. The summed E-state index contributed by atoms with van der Waals surface area (Å²) in [6, 6.07) is 7.23. The van der Waals surface area contributed by atoms with E-state index in [1.165, 1.54) is 0 Å². The van der Waals surface area contributed by atoms with Crippen molar-refractivity contribution < 1.29 is 4.74 Å². The second-order valence-electron chi connectivity index (χ2n) is 3.64. The highest BCUT2D eigenvalue weighted by molar-refractivity contribution is 5.46. The lowest BCUT2D eigenvalue weighted by molar-refractivity contribution is 0.289. The minimum atomic E-state index is 0.654. The first-order valence-corrected chi connectivity index (χ1v) is 4.82. The van der Waals surface area contributed by atoms with Crippen LogP contribution in [0.1, 0.15) is 20.3 Å². The Balaban J connectivity index is 2.41. The van der Waals surface area contributed by atoms with E-state index in [-0.39, 0.29) is 0 Å². The van der Waals surface area contributed by atoms with Crippen molar-refractivity contribution in [1.82, 2.24) is 0 Å². The summed E-state index contributed by atoms with van der Waals surface area (Å²) in [6.07, 6.45) is 1.06. The summed E-state index contributed by atoms with van der Waals surface area (Å²) in [6.45, 7) is 11.9. The highest BCUT2D eigenvalue weighted by Gasteiger charge is 1.96.